The molecule has 0 bridgehead atoms. The summed E-state index contributed by atoms with van der Waals surface area (Å²) < 4.78 is 19.1. The smallest absolute Gasteiger partial charge is 0.286 e. The van der Waals surface area contributed by atoms with Crippen molar-refractivity contribution in [2.45, 2.75) is 18.8 Å². The first-order valence-electron chi connectivity index (χ1n) is 6.92. The van der Waals surface area contributed by atoms with Crippen LogP contribution < -0.4 is 5.32 Å². The number of amides is 1. The van der Waals surface area contributed by atoms with Crippen molar-refractivity contribution in [2.24, 2.45) is 0 Å². The number of nitrogens with zero attached hydrogens (tertiary/aromatic N) is 2. The fraction of sp³-hybridized carbons (Fsp3) is 0.357. The molecule has 1 amide bonds. The van der Waals surface area contributed by atoms with E-state index in [0.717, 1.165) is 37.8 Å². The summed E-state index contributed by atoms with van der Waals surface area (Å²) in [6, 6.07) is 0. The molecule has 6 nitrogen and oxygen atoms in total. The van der Waals surface area contributed by atoms with E-state index in [0.29, 0.717) is 16.7 Å². The van der Waals surface area contributed by atoms with Crippen molar-refractivity contribution in [1.29, 1.82) is 0 Å². The molecule has 2 N–H and O–H groups in total. The first-order chi connectivity index (χ1) is 10.7. The molecular formula is C14H15FN4O2S. The van der Waals surface area contributed by atoms with Crippen molar-refractivity contribution in [2.75, 3.05) is 18.5 Å². The molecule has 0 unspecified atom stereocenters. The van der Waals surface area contributed by atoms with Gasteiger partial charge in [-0.15, -0.1) is 11.3 Å². The van der Waals surface area contributed by atoms with Crippen LogP contribution in [-0.2, 0) is 9.53 Å². The minimum atomic E-state index is -0.896. The number of rotatable bonds is 4. The fourth-order valence-corrected chi connectivity index (χ4v) is 3.02. The Morgan fingerprint density at radius 3 is 3.05 bits per heavy atom. The maximum Gasteiger partial charge on any atom is 0.286 e. The second-order valence-corrected chi connectivity index (χ2v) is 5.78. The van der Waals surface area contributed by atoms with Crippen molar-refractivity contribution >= 4 is 28.5 Å². The van der Waals surface area contributed by atoms with Crippen molar-refractivity contribution in [3.63, 3.8) is 0 Å². The Hall–Kier alpha value is -2.06. The van der Waals surface area contributed by atoms with Gasteiger partial charge in [0.1, 0.15) is 0 Å². The zero-order chi connectivity index (χ0) is 15.4. The highest BCUT2D eigenvalue weighted by atomic mass is 32.1. The molecule has 8 heteroatoms. The normalized spacial score (nSPS) is 16.7. The highest BCUT2D eigenvalue weighted by molar-refractivity contribution is 7.14. The van der Waals surface area contributed by atoms with Crippen molar-refractivity contribution in [3.05, 3.63) is 35.1 Å². The van der Waals surface area contributed by atoms with Gasteiger partial charge >= 0.3 is 0 Å². The maximum atomic E-state index is 13.8. The Balaban J connectivity index is 1.63. The number of nitrogens with one attached hydrogen (secondary N) is 2. The van der Waals surface area contributed by atoms with E-state index in [1.54, 1.807) is 0 Å². The average Bonchev–Trinajstić information content (AvgIpc) is 3.20. The van der Waals surface area contributed by atoms with Crippen LogP contribution in [0.2, 0.25) is 0 Å². The molecular weight excluding hydrogens is 307 g/mol. The molecule has 2 aromatic rings. The van der Waals surface area contributed by atoms with E-state index < -0.39 is 11.7 Å². The Morgan fingerprint density at radius 2 is 2.32 bits per heavy atom. The summed E-state index contributed by atoms with van der Waals surface area (Å²) >= 11 is 1.30. The highest BCUT2D eigenvalue weighted by Crippen LogP contribution is 2.29. The third-order valence-electron chi connectivity index (χ3n) is 3.40. The van der Waals surface area contributed by atoms with E-state index in [9.17, 15) is 9.18 Å². The number of carbonyl (C=O) groups excluding carboxylic acids is 1. The number of hydrogen-bond donors (Lipinski definition) is 2. The number of carbonyl (C=O) groups is 1. The van der Waals surface area contributed by atoms with Gasteiger partial charge < -0.3 is 9.72 Å². The zero-order valence-corrected chi connectivity index (χ0v) is 12.5. The Labute approximate surface area is 130 Å². The largest absolute Gasteiger partial charge is 0.381 e. The highest BCUT2D eigenvalue weighted by Gasteiger charge is 2.19. The molecule has 0 atom stereocenters. The lowest BCUT2D eigenvalue weighted by Gasteiger charge is -2.19. The number of ether oxygens (including phenoxy) is 1. The van der Waals surface area contributed by atoms with Gasteiger partial charge in [0, 0.05) is 30.6 Å². The predicted molar refractivity (Wildman–Crippen MR) is 81.2 cm³/mol. The van der Waals surface area contributed by atoms with Crippen LogP contribution in [0.5, 0.6) is 0 Å². The molecule has 22 heavy (non-hydrogen) atoms. The molecule has 1 aliphatic rings. The molecule has 0 aromatic carbocycles. The molecule has 3 rings (SSSR count). The number of aromatic nitrogens is 3. The van der Waals surface area contributed by atoms with Crippen LogP contribution in [0.25, 0.3) is 6.08 Å². The Bertz CT molecular complexity index is 662. The van der Waals surface area contributed by atoms with Gasteiger partial charge in [-0.3, -0.25) is 10.1 Å². The lowest BCUT2D eigenvalue weighted by atomic mass is 9.98. The van der Waals surface area contributed by atoms with Gasteiger partial charge in [-0.2, -0.15) is 0 Å². The van der Waals surface area contributed by atoms with Crippen LogP contribution >= 0.6 is 11.3 Å². The standard InChI is InChI=1S/C14H15FN4O2S/c15-11(5-10-6-16-8-17-10)13(20)19-14-18-12(7-22-14)9-1-3-21-4-2-9/h5-9H,1-4H2,(H,16,17)(H,18,19,20)/b11-5-. The van der Waals surface area contributed by atoms with Crippen LogP contribution in [-0.4, -0.2) is 34.1 Å². The summed E-state index contributed by atoms with van der Waals surface area (Å²) in [6.07, 6.45) is 5.78. The number of imidazole rings is 1. The van der Waals surface area contributed by atoms with Crippen LogP contribution in [0, 0.1) is 0 Å². The molecule has 0 aliphatic carbocycles. The predicted octanol–water partition coefficient (Wildman–Crippen LogP) is 2.71. The summed E-state index contributed by atoms with van der Waals surface area (Å²) in [4.78, 5) is 22.6. The second kappa shape index (κ2) is 6.80. The fourth-order valence-electron chi connectivity index (χ4n) is 2.23. The first kappa shape index (κ1) is 14.9. The lowest BCUT2D eigenvalue weighted by Crippen LogP contribution is -2.15. The van der Waals surface area contributed by atoms with E-state index in [2.05, 4.69) is 20.3 Å². The number of halogens is 1. The van der Waals surface area contributed by atoms with Crippen molar-refractivity contribution in [1.82, 2.24) is 15.0 Å². The molecule has 1 saturated heterocycles. The molecule has 1 aliphatic heterocycles. The van der Waals surface area contributed by atoms with Gasteiger partial charge in [-0.1, -0.05) is 0 Å². The van der Waals surface area contributed by atoms with Crippen LogP contribution in [0.1, 0.15) is 30.1 Å². The quantitative estimate of drug-likeness (QED) is 0.848. The molecule has 0 spiro atoms. The molecule has 0 saturated carbocycles. The molecule has 116 valence electrons. The zero-order valence-electron chi connectivity index (χ0n) is 11.7. The van der Waals surface area contributed by atoms with E-state index in [1.807, 2.05) is 5.38 Å². The second-order valence-electron chi connectivity index (χ2n) is 4.92. The molecule has 0 radical (unpaired) electrons. The molecule has 1 fully saturated rings. The topological polar surface area (TPSA) is 79.9 Å². The van der Waals surface area contributed by atoms with E-state index >= 15 is 0 Å². The van der Waals surface area contributed by atoms with Gasteiger partial charge in [0.15, 0.2) is 11.0 Å². The summed E-state index contributed by atoms with van der Waals surface area (Å²) in [5.74, 6) is -1.37. The third-order valence-corrected chi connectivity index (χ3v) is 4.18. The van der Waals surface area contributed by atoms with Gasteiger partial charge in [0.25, 0.3) is 5.91 Å². The number of H-pyrrole nitrogens is 1. The van der Waals surface area contributed by atoms with Crippen molar-refractivity contribution in [3.8, 4) is 0 Å². The summed E-state index contributed by atoms with van der Waals surface area (Å²) in [5, 5.41) is 4.78. The number of anilines is 1. The summed E-state index contributed by atoms with van der Waals surface area (Å²) in [5.41, 5.74) is 1.36. The van der Waals surface area contributed by atoms with Gasteiger partial charge in [-0.25, -0.2) is 14.4 Å². The minimum absolute atomic E-state index is 0.348. The average molecular weight is 322 g/mol. The number of hydrogen-bond acceptors (Lipinski definition) is 5. The Kier molecular flexibility index (Phi) is 4.59. The van der Waals surface area contributed by atoms with E-state index in [-0.39, 0.29) is 0 Å². The van der Waals surface area contributed by atoms with Crippen molar-refractivity contribution < 1.29 is 13.9 Å². The van der Waals surface area contributed by atoms with Gasteiger partial charge in [0.2, 0.25) is 0 Å². The molecule has 2 aromatic heterocycles. The minimum Gasteiger partial charge on any atom is -0.381 e. The van der Waals surface area contributed by atoms with E-state index in [4.69, 9.17) is 4.74 Å². The van der Waals surface area contributed by atoms with Crippen LogP contribution in [0.4, 0.5) is 9.52 Å². The van der Waals surface area contributed by atoms with Crippen LogP contribution in [0.15, 0.2) is 23.7 Å². The third kappa shape index (κ3) is 3.58. The number of aromatic amines is 1. The first-order valence-corrected chi connectivity index (χ1v) is 7.80. The number of thiazole rings is 1. The molecule has 3 heterocycles. The lowest BCUT2D eigenvalue weighted by molar-refractivity contribution is -0.114. The summed E-state index contributed by atoms with van der Waals surface area (Å²) in [6.45, 7) is 1.46. The van der Waals surface area contributed by atoms with Gasteiger partial charge in [-0.05, 0) is 12.8 Å². The SMILES string of the molecule is O=C(Nc1nc(C2CCOCC2)cs1)/C(F)=C/c1cnc[nH]1. The monoisotopic (exact) mass is 322 g/mol. The van der Waals surface area contributed by atoms with Gasteiger partial charge in [0.05, 0.1) is 23.9 Å². The summed E-state index contributed by atoms with van der Waals surface area (Å²) in [7, 11) is 0. The Morgan fingerprint density at radius 1 is 1.50 bits per heavy atom. The maximum absolute atomic E-state index is 13.8. The van der Waals surface area contributed by atoms with E-state index in [1.165, 1.54) is 23.9 Å². The van der Waals surface area contributed by atoms with Crippen LogP contribution in [0.3, 0.4) is 0 Å².